The topological polar surface area (TPSA) is 4.93 Å². The van der Waals surface area contributed by atoms with Gasteiger partial charge in [-0.3, -0.25) is 0 Å². The molecule has 196 valence electrons. The molecule has 9 aromatic rings. The van der Waals surface area contributed by atoms with Gasteiger partial charge in [0.15, 0.2) is 0 Å². The fourth-order valence-corrected chi connectivity index (χ4v) is 7.76. The molecule has 0 radical (unpaired) electrons. The second-order valence-corrected chi connectivity index (χ2v) is 12.0. The van der Waals surface area contributed by atoms with Crippen LogP contribution in [0.4, 0.5) is 0 Å². The van der Waals surface area contributed by atoms with E-state index in [9.17, 15) is 0 Å². The molecule has 42 heavy (non-hydrogen) atoms. The number of benzene rings is 7. The number of rotatable bonds is 3. The van der Waals surface area contributed by atoms with E-state index in [1.807, 2.05) is 11.3 Å². The van der Waals surface area contributed by atoms with Gasteiger partial charge in [0.25, 0.3) is 0 Å². The minimum Gasteiger partial charge on any atom is -0.308 e. The highest BCUT2D eigenvalue weighted by molar-refractivity contribution is 7.26. The minimum atomic E-state index is 1.19. The number of nitrogens with zero attached hydrogens (tertiary/aromatic N) is 1. The molecule has 0 saturated heterocycles. The Kier molecular flexibility index (Phi) is 5.13. The van der Waals surface area contributed by atoms with Crippen molar-refractivity contribution in [2.45, 2.75) is 0 Å². The molecule has 2 heteroatoms. The second-order valence-electron chi connectivity index (χ2n) is 11.0. The van der Waals surface area contributed by atoms with Gasteiger partial charge < -0.3 is 4.57 Å². The minimum absolute atomic E-state index is 1.19. The summed E-state index contributed by atoms with van der Waals surface area (Å²) in [5.74, 6) is 0. The summed E-state index contributed by atoms with van der Waals surface area (Å²) in [7, 11) is 0. The van der Waals surface area contributed by atoms with E-state index in [2.05, 4.69) is 156 Å². The van der Waals surface area contributed by atoms with Crippen molar-refractivity contribution in [1.29, 1.82) is 0 Å². The van der Waals surface area contributed by atoms with Crippen LogP contribution in [-0.4, -0.2) is 4.57 Å². The Morgan fingerprint density at radius 2 is 1.05 bits per heavy atom. The summed E-state index contributed by atoms with van der Waals surface area (Å²) in [6, 6.07) is 55.4. The van der Waals surface area contributed by atoms with Crippen molar-refractivity contribution >= 4 is 64.1 Å². The normalized spacial score (nSPS) is 11.8. The molecule has 0 saturated carbocycles. The standard InChI is InChI=1S/C40H25NS/c1-3-9-26(10-4-1)30-16-21-37-35(24-30)33-19-20-34-36-25-31(27-11-5-2-6-12-27)17-22-38(36)42-40(34)39(33)41(37)32-18-15-28-13-7-8-14-29(28)23-32/h1-25H. The first-order valence-electron chi connectivity index (χ1n) is 14.4. The molecule has 0 aliphatic rings. The first-order valence-corrected chi connectivity index (χ1v) is 15.2. The van der Waals surface area contributed by atoms with Crippen LogP contribution in [0.5, 0.6) is 0 Å². The van der Waals surface area contributed by atoms with Crippen molar-refractivity contribution in [2.75, 3.05) is 0 Å². The van der Waals surface area contributed by atoms with Gasteiger partial charge in [0.05, 0.1) is 15.7 Å². The molecule has 9 rings (SSSR count). The van der Waals surface area contributed by atoms with Crippen molar-refractivity contribution < 1.29 is 0 Å². The molecule has 0 amide bonds. The van der Waals surface area contributed by atoms with E-state index in [-0.39, 0.29) is 0 Å². The Bertz CT molecular complexity index is 2450. The maximum atomic E-state index is 2.49. The molecule has 7 aromatic carbocycles. The molecular weight excluding hydrogens is 527 g/mol. The summed E-state index contributed by atoms with van der Waals surface area (Å²) in [5.41, 5.74) is 8.69. The Balaban J connectivity index is 1.38. The van der Waals surface area contributed by atoms with Gasteiger partial charge in [-0.2, -0.15) is 0 Å². The second kappa shape index (κ2) is 9.17. The van der Waals surface area contributed by atoms with Gasteiger partial charge in [-0.25, -0.2) is 0 Å². The Hall–Kier alpha value is -5.18. The lowest BCUT2D eigenvalue weighted by molar-refractivity contribution is 1.19. The van der Waals surface area contributed by atoms with Crippen molar-refractivity contribution in [3.8, 4) is 27.9 Å². The van der Waals surface area contributed by atoms with Crippen LogP contribution in [-0.2, 0) is 0 Å². The summed E-state index contributed by atoms with van der Waals surface area (Å²) >= 11 is 1.90. The first-order chi connectivity index (χ1) is 20.8. The third-order valence-corrected chi connectivity index (χ3v) is 9.76. The van der Waals surface area contributed by atoms with Gasteiger partial charge in [-0.05, 0) is 69.4 Å². The highest BCUT2D eigenvalue weighted by Gasteiger charge is 2.19. The fraction of sp³-hybridized carbons (Fsp3) is 0. The highest BCUT2D eigenvalue weighted by Crippen LogP contribution is 2.44. The van der Waals surface area contributed by atoms with Crippen LogP contribution < -0.4 is 0 Å². The Labute approximate surface area is 247 Å². The average Bonchev–Trinajstić information content (AvgIpc) is 3.60. The van der Waals surface area contributed by atoms with E-state index in [0.717, 1.165) is 0 Å². The summed E-state index contributed by atoms with van der Waals surface area (Å²) in [6.45, 7) is 0. The number of hydrogen-bond donors (Lipinski definition) is 0. The van der Waals surface area contributed by atoms with E-state index in [4.69, 9.17) is 0 Å². The maximum absolute atomic E-state index is 2.49. The number of aromatic nitrogens is 1. The fourth-order valence-electron chi connectivity index (χ4n) is 6.54. The van der Waals surface area contributed by atoms with Crippen LogP contribution >= 0.6 is 11.3 Å². The first kappa shape index (κ1) is 23.5. The van der Waals surface area contributed by atoms with Crippen LogP contribution in [0.1, 0.15) is 0 Å². The lowest BCUT2D eigenvalue weighted by atomic mass is 10.0. The van der Waals surface area contributed by atoms with Crippen molar-refractivity contribution in [1.82, 2.24) is 4.57 Å². The molecule has 2 heterocycles. The molecule has 0 bridgehead atoms. The lowest BCUT2D eigenvalue weighted by Crippen LogP contribution is -1.94. The number of thiophene rings is 1. The van der Waals surface area contributed by atoms with Gasteiger partial charge in [0.1, 0.15) is 0 Å². The average molecular weight is 552 g/mol. The van der Waals surface area contributed by atoms with E-state index in [1.165, 1.54) is 80.7 Å². The molecule has 0 N–H and O–H groups in total. The Morgan fingerprint density at radius 3 is 1.81 bits per heavy atom. The summed E-state index contributed by atoms with van der Waals surface area (Å²) in [5, 5.41) is 7.71. The third kappa shape index (κ3) is 3.56. The number of fused-ring (bicyclic) bond motifs is 8. The monoisotopic (exact) mass is 551 g/mol. The van der Waals surface area contributed by atoms with E-state index < -0.39 is 0 Å². The van der Waals surface area contributed by atoms with Crippen LogP contribution in [0, 0.1) is 0 Å². The molecule has 0 fully saturated rings. The van der Waals surface area contributed by atoms with Gasteiger partial charge in [-0.15, -0.1) is 11.3 Å². The predicted molar refractivity (Wildman–Crippen MR) is 182 cm³/mol. The molecular formula is C40H25NS. The molecule has 0 aliphatic carbocycles. The maximum Gasteiger partial charge on any atom is 0.0719 e. The highest BCUT2D eigenvalue weighted by atomic mass is 32.1. The molecule has 0 atom stereocenters. The van der Waals surface area contributed by atoms with Gasteiger partial charge in [-0.1, -0.05) is 115 Å². The molecule has 2 aromatic heterocycles. The van der Waals surface area contributed by atoms with Crippen molar-refractivity contribution in [2.24, 2.45) is 0 Å². The molecule has 0 spiro atoms. The third-order valence-electron chi connectivity index (χ3n) is 8.57. The molecule has 0 aliphatic heterocycles. The zero-order valence-corrected chi connectivity index (χ0v) is 23.6. The smallest absolute Gasteiger partial charge is 0.0719 e. The lowest BCUT2D eigenvalue weighted by Gasteiger charge is -2.10. The predicted octanol–water partition coefficient (Wildman–Crippen LogP) is 11.6. The zero-order valence-electron chi connectivity index (χ0n) is 22.8. The van der Waals surface area contributed by atoms with Crippen LogP contribution in [0.25, 0.3) is 80.7 Å². The van der Waals surface area contributed by atoms with Crippen LogP contribution in [0.2, 0.25) is 0 Å². The number of hydrogen-bond acceptors (Lipinski definition) is 1. The largest absolute Gasteiger partial charge is 0.308 e. The van der Waals surface area contributed by atoms with Crippen molar-refractivity contribution in [3.05, 3.63) is 152 Å². The quantitative estimate of drug-likeness (QED) is 0.206. The van der Waals surface area contributed by atoms with E-state index >= 15 is 0 Å². The van der Waals surface area contributed by atoms with Crippen LogP contribution in [0.3, 0.4) is 0 Å². The van der Waals surface area contributed by atoms with Gasteiger partial charge in [0.2, 0.25) is 0 Å². The van der Waals surface area contributed by atoms with Gasteiger partial charge in [0, 0.05) is 31.9 Å². The van der Waals surface area contributed by atoms with Crippen molar-refractivity contribution in [3.63, 3.8) is 0 Å². The molecule has 1 nitrogen and oxygen atoms in total. The van der Waals surface area contributed by atoms with Gasteiger partial charge >= 0.3 is 0 Å². The summed E-state index contributed by atoms with van der Waals surface area (Å²) < 4.78 is 5.14. The Morgan fingerprint density at radius 1 is 0.405 bits per heavy atom. The van der Waals surface area contributed by atoms with E-state index in [0.29, 0.717) is 0 Å². The van der Waals surface area contributed by atoms with Crippen LogP contribution in [0.15, 0.2) is 152 Å². The van der Waals surface area contributed by atoms with E-state index in [1.54, 1.807) is 0 Å². The zero-order chi connectivity index (χ0) is 27.6. The summed E-state index contributed by atoms with van der Waals surface area (Å²) in [6.07, 6.45) is 0. The molecule has 0 unspecified atom stereocenters. The SMILES string of the molecule is c1ccc(-c2ccc3sc4c(ccc5c6cc(-c7ccccc7)ccc6n(-c6ccc7ccccc7c6)c54)c3c2)cc1. The summed E-state index contributed by atoms with van der Waals surface area (Å²) in [4.78, 5) is 0.